The molecule has 10 nitrogen and oxygen atoms in total. The molecular weight excluding hydrogens is 655 g/mol. The third kappa shape index (κ3) is 5.36. The molecule has 7 rings (SSSR count). The summed E-state index contributed by atoms with van der Waals surface area (Å²) in [6, 6.07) is 29.5. The number of aromatic nitrogens is 1. The van der Waals surface area contributed by atoms with E-state index in [0.29, 0.717) is 62.3 Å². The lowest BCUT2D eigenvalue weighted by Crippen LogP contribution is -2.67. The first-order valence-corrected chi connectivity index (χ1v) is 16.2. The molecule has 2 amide bonds. The van der Waals surface area contributed by atoms with Crippen LogP contribution in [0.2, 0.25) is 0 Å². The predicted octanol–water partition coefficient (Wildman–Crippen LogP) is 6.36. The number of fused-ring (bicyclic) bond motifs is 1. The Morgan fingerprint density at radius 3 is 1.58 bits per heavy atom. The quantitative estimate of drug-likeness (QED) is 0.142. The normalized spacial score (nSPS) is 18.6. The first-order chi connectivity index (χ1) is 24.3. The number of methoxy groups -OCH3 is 4. The Morgan fingerprint density at radius 2 is 1.10 bits per heavy atom. The van der Waals surface area contributed by atoms with E-state index in [1.165, 1.54) is 0 Å². The summed E-state index contributed by atoms with van der Waals surface area (Å²) in [7, 11) is 6.35. The fraction of sp³-hybridized carbons (Fsp3) is 0.179. The Hall–Kier alpha value is -5.94. The minimum atomic E-state index is -1.83. The number of nitrogens with zero attached hydrogens (tertiary/aromatic N) is 1. The van der Waals surface area contributed by atoms with Gasteiger partial charge in [-0.05, 0) is 101 Å². The van der Waals surface area contributed by atoms with E-state index in [0.717, 1.165) is 5.56 Å². The van der Waals surface area contributed by atoms with Gasteiger partial charge in [0.25, 0.3) is 0 Å². The standard InChI is InChI=1S/C39H33N3O7S/c1-45-26-13-5-22(6-14-26)21-30-32(23-7-15-27(46-2)16-8-23)39(36(43)40-38(50)41-37(39)44)33(24-9-17-28(47-3)18-10-24)31-34(30)42-49-35(31)25-11-19-29(48-4)20-12-25/h5-21,32-33H,1-4H3,(H2,40,41,43,44,50)/b30-21-. The van der Waals surface area contributed by atoms with Crippen LogP contribution in [-0.2, 0) is 9.59 Å². The molecule has 5 aromatic rings. The summed E-state index contributed by atoms with van der Waals surface area (Å²) in [5.41, 5.74) is 2.68. The van der Waals surface area contributed by atoms with Crippen LogP contribution in [0.3, 0.4) is 0 Å². The topological polar surface area (TPSA) is 121 Å². The molecule has 1 fully saturated rings. The summed E-state index contributed by atoms with van der Waals surface area (Å²) in [6.45, 7) is 0. The molecule has 2 N–H and O–H groups in total. The average Bonchev–Trinajstić information content (AvgIpc) is 3.59. The molecule has 4 aromatic carbocycles. The number of benzene rings is 4. The van der Waals surface area contributed by atoms with Gasteiger partial charge in [0, 0.05) is 23.0 Å². The second kappa shape index (κ2) is 13.2. The third-order valence-corrected chi connectivity index (χ3v) is 9.61. The number of rotatable bonds is 8. The van der Waals surface area contributed by atoms with Gasteiger partial charge in [0.15, 0.2) is 16.3 Å². The number of thiocarbonyl (C=S) groups is 1. The highest BCUT2D eigenvalue weighted by atomic mass is 32.1. The summed E-state index contributed by atoms with van der Waals surface area (Å²) in [5, 5.41) is 10.3. The minimum absolute atomic E-state index is 0.0697. The minimum Gasteiger partial charge on any atom is -0.497 e. The molecule has 2 aliphatic rings. The van der Waals surface area contributed by atoms with Crippen LogP contribution in [0.4, 0.5) is 0 Å². The van der Waals surface area contributed by atoms with Crippen LogP contribution < -0.4 is 29.6 Å². The van der Waals surface area contributed by atoms with Gasteiger partial charge >= 0.3 is 0 Å². The Balaban J connectivity index is 1.61. The van der Waals surface area contributed by atoms with Crippen molar-refractivity contribution in [2.45, 2.75) is 11.8 Å². The van der Waals surface area contributed by atoms with Crippen LogP contribution in [0, 0.1) is 5.41 Å². The van der Waals surface area contributed by atoms with Crippen LogP contribution in [0.15, 0.2) is 102 Å². The molecule has 1 spiro atoms. The second-order valence-electron chi connectivity index (χ2n) is 11.9. The number of carbonyl (C=O) groups is 2. The Labute approximate surface area is 294 Å². The van der Waals surface area contributed by atoms with Gasteiger partial charge in [-0.15, -0.1) is 0 Å². The number of allylic oxidation sites excluding steroid dienone is 1. The van der Waals surface area contributed by atoms with Crippen LogP contribution in [0.1, 0.15) is 39.8 Å². The number of nitrogens with one attached hydrogen (secondary N) is 2. The molecule has 1 aromatic heterocycles. The zero-order valence-corrected chi connectivity index (χ0v) is 28.5. The van der Waals surface area contributed by atoms with Crippen LogP contribution in [-0.4, -0.2) is 50.5 Å². The summed E-state index contributed by atoms with van der Waals surface area (Å²) in [5.74, 6) is 0.0831. The van der Waals surface area contributed by atoms with Crippen molar-refractivity contribution in [3.63, 3.8) is 0 Å². The molecule has 11 heteroatoms. The van der Waals surface area contributed by atoms with E-state index in [2.05, 4.69) is 10.6 Å². The largest absolute Gasteiger partial charge is 0.497 e. The first kappa shape index (κ1) is 32.6. The van der Waals surface area contributed by atoms with Gasteiger partial charge in [-0.1, -0.05) is 41.6 Å². The lowest BCUT2D eigenvalue weighted by atomic mass is 9.52. The SMILES string of the molecule is COc1ccc(/C=C2\c3noc(-c4ccc(OC)cc4)c3C(c3ccc(OC)cc3)C3(C(=O)NC(=S)NC3=O)C2c2ccc(OC)cc2)cc1. The van der Waals surface area contributed by atoms with Crippen molar-refractivity contribution < 1.29 is 33.1 Å². The maximum Gasteiger partial charge on any atom is 0.243 e. The van der Waals surface area contributed by atoms with Crippen LogP contribution >= 0.6 is 12.2 Å². The Kier molecular flexibility index (Phi) is 8.59. The number of amides is 2. The number of carbonyl (C=O) groups excluding carboxylic acids is 2. The number of ether oxygens (including phenoxy) is 4. The predicted molar refractivity (Wildman–Crippen MR) is 191 cm³/mol. The molecule has 0 saturated carbocycles. The highest BCUT2D eigenvalue weighted by molar-refractivity contribution is 7.80. The maximum atomic E-state index is 14.9. The molecule has 0 bridgehead atoms. The lowest BCUT2D eigenvalue weighted by molar-refractivity contribution is -0.145. The van der Waals surface area contributed by atoms with Crippen molar-refractivity contribution in [3.8, 4) is 34.3 Å². The van der Waals surface area contributed by atoms with Crippen LogP contribution in [0.25, 0.3) is 23.0 Å². The number of hydrogen-bond donors (Lipinski definition) is 2. The van der Waals surface area contributed by atoms with Gasteiger partial charge in [0.2, 0.25) is 11.8 Å². The van der Waals surface area contributed by atoms with Crippen molar-refractivity contribution in [3.05, 3.63) is 125 Å². The van der Waals surface area contributed by atoms with Crippen molar-refractivity contribution in [1.82, 2.24) is 15.8 Å². The lowest BCUT2D eigenvalue weighted by Gasteiger charge is -2.49. The van der Waals surface area contributed by atoms with Gasteiger partial charge in [-0.2, -0.15) is 0 Å². The van der Waals surface area contributed by atoms with Gasteiger partial charge in [0.1, 0.15) is 28.7 Å². The van der Waals surface area contributed by atoms with Crippen molar-refractivity contribution in [2.75, 3.05) is 28.4 Å². The smallest absolute Gasteiger partial charge is 0.243 e. The zero-order chi connectivity index (χ0) is 35.0. The van der Waals surface area contributed by atoms with E-state index >= 15 is 0 Å². The molecule has 2 heterocycles. The Morgan fingerprint density at radius 1 is 0.660 bits per heavy atom. The highest BCUT2D eigenvalue weighted by Gasteiger charge is 2.66. The van der Waals surface area contributed by atoms with Crippen molar-refractivity contribution in [2.24, 2.45) is 5.41 Å². The molecule has 50 heavy (non-hydrogen) atoms. The molecule has 1 aliphatic carbocycles. The van der Waals surface area contributed by atoms with Gasteiger partial charge < -0.3 is 34.1 Å². The van der Waals surface area contributed by atoms with Gasteiger partial charge in [0.05, 0.1) is 28.4 Å². The average molecular weight is 688 g/mol. The van der Waals surface area contributed by atoms with Gasteiger partial charge in [-0.3, -0.25) is 9.59 Å². The first-order valence-electron chi connectivity index (χ1n) is 15.8. The molecule has 0 radical (unpaired) electrons. The van der Waals surface area contributed by atoms with E-state index in [4.69, 9.17) is 40.8 Å². The monoisotopic (exact) mass is 687 g/mol. The Bertz CT molecular complexity index is 2090. The third-order valence-electron chi connectivity index (χ3n) is 9.41. The second-order valence-corrected chi connectivity index (χ2v) is 12.3. The molecule has 2 atom stereocenters. The van der Waals surface area contributed by atoms with Crippen molar-refractivity contribution >= 4 is 40.8 Å². The molecule has 252 valence electrons. The van der Waals surface area contributed by atoms with Crippen LogP contribution in [0.5, 0.6) is 23.0 Å². The highest BCUT2D eigenvalue weighted by Crippen LogP contribution is 2.63. The summed E-state index contributed by atoms with van der Waals surface area (Å²) in [6.07, 6.45) is 1.94. The van der Waals surface area contributed by atoms with E-state index in [-0.39, 0.29) is 5.11 Å². The fourth-order valence-corrected chi connectivity index (χ4v) is 7.25. The molecular formula is C39H33N3O7S. The van der Waals surface area contributed by atoms with E-state index < -0.39 is 29.1 Å². The summed E-state index contributed by atoms with van der Waals surface area (Å²) in [4.78, 5) is 29.9. The fourth-order valence-electron chi connectivity index (χ4n) is 7.07. The summed E-state index contributed by atoms with van der Waals surface area (Å²) < 4.78 is 28.0. The maximum absolute atomic E-state index is 14.9. The molecule has 1 saturated heterocycles. The number of hydrogen-bond acceptors (Lipinski definition) is 9. The van der Waals surface area contributed by atoms with E-state index in [9.17, 15) is 9.59 Å². The van der Waals surface area contributed by atoms with E-state index in [1.54, 1.807) is 52.7 Å². The molecule has 1 aliphatic heterocycles. The summed E-state index contributed by atoms with van der Waals surface area (Å²) >= 11 is 5.37. The van der Waals surface area contributed by atoms with E-state index in [1.807, 2.05) is 78.9 Å². The zero-order valence-electron chi connectivity index (χ0n) is 27.7. The molecule has 2 unspecified atom stereocenters. The van der Waals surface area contributed by atoms with Gasteiger partial charge in [-0.25, -0.2) is 0 Å². The van der Waals surface area contributed by atoms with Crippen molar-refractivity contribution in [1.29, 1.82) is 0 Å².